The van der Waals surface area contributed by atoms with Crippen molar-refractivity contribution < 1.29 is 92.4 Å². The number of benzene rings is 6. The van der Waals surface area contributed by atoms with Gasteiger partial charge >= 0.3 is 0 Å². The molecule has 348 valence electrons. The minimum Gasteiger partial charge on any atom is -0.207 e. The molecule has 1 heterocycles. The molecule has 7 aromatic rings. The van der Waals surface area contributed by atoms with E-state index in [1.807, 2.05) is 83.7 Å². The van der Waals surface area contributed by atoms with Gasteiger partial charge in [-0.1, -0.05) is 48.5 Å². The molecule has 0 atom stereocenters. The maximum Gasteiger partial charge on any atom is 0.200 e. The second-order valence-electron chi connectivity index (χ2n) is 14.0. The Hall–Kier alpha value is -7.89. The molecule has 24 heteroatoms. The van der Waals surface area contributed by atoms with Gasteiger partial charge in [0, 0.05) is 11.5 Å². The van der Waals surface area contributed by atoms with E-state index in [0.29, 0.717) is 6.54 Å². The summed E-state index contributed by atoms with van der Waals surface area (Å²) in [5, 5.41) is 20.8. The van der Waals surface area contributed by atoms with Crippen molar-refractivity contribution in [3.8, 4) is 12.1 Å². The number of fused-ring (bicyclic) bond motifs is 1. The number of nitrogens with zero attached hydrogens (tertiary/aromatic N) is 3. The van der Waals surface area contributed by atoms with Crippen LogP contribution in [0.4, 0.5) is 87.8 Å². The average molecular weight is 975 g/mol. The van der Waals surface area contributed by atoms with Crippen LogP contribution in [0.1, 0.15) is 5.56 Å². The molecule has 0 aliphatic rings. The number of halogens is 20. The lowest BCUT2D eigenvalue weighted by molar-refractivity contribution is -0.683. The molecular formula is C44H14BF20N3. The molecule has 0 saturated heterocycles. The first kappa shape index (κ1) is 49.5. The first-order valence-corrected chi connectivity index (χ1v) is 18.2. The molecule has 0 amide bonds. The number of aromatic nitrogens is 1. The third kappa shape index (κ3) is 7.78. The molecule has 0 fully saturated rings. The Balaban J connectivity index is 0.000000276. The molecule has 68 heavy (non-hydrogen) atoms. The third-order valence-electron chi connectivity index (χ3n) is 10.4. The summed E-state index contributed by atoms with van der Waals surface area (Å²) in [6, 6.07) is 23.8. The minimum absolute atomic E-state index is 0.150. The van der Waals surface area contributed by atoms with Gasteiger partial charge in [0.1, 0.15) is 70.4 Å². The lowest BCUT2D eigenvalue weighted by Gasteiger charge is -2.44. The number of hydrogen-bond acceptors (Lipinski definition) is 2. The molecule has 0 bridgehead atoms. The third-order valence-corrected chi connectivity index (χ3v) is 10.4. The first-order valence-electron chi connectivity index (χ1n) is 18.2. The number of pyridine rings is 1. The van der Waals surface area contributed by atoms with Gasteiger partial charge in [-0.15, -0.1) is 21.9 Å². The van der Waals surface area contributed by atoms with Gasteiger partial charge in [0.15, 0.2) is 88.7 Å². The molecular weight excluding hydrogens is 961 g/mol. The van der Waals surface area contributed by atoms with E-state index in [1.54, 1.807) is 0 Å². The van der Waals surface area contributed by atoms with E-state index in [0.717, 1.165) is 21.9 Å². The maximum absolute atomic E-state index is 15.4. The smallest absolute Gasteiger partial charge is 0.200 e. The van der Waals surface area contributed by atoms with Crippen LogP contribution in [-0.2, 0) is 6.54 Å². The Labute approximate surface area is 366 Å². The average Bonchev–Trinajstić information content (AvgIpc) is 3.34. The zero-order chi connectivity index (χ0) is 50.4. The highest BCUT2D eigenvalue weighted by molar-refractivity contribution is 7.20. The molecule has 0 saturated carbocycles. The van der Waals surface area contributed by atoms with Gasteiger partial charge < -0.3 is 0 Å². The summed E-state index contributed by atoms with van der Waals surface area (Å²) < 4.78 is 296. The summed E-state index contributed by atoms with van der Waals surface area (Å²) in [4.78, 5) is 0. The van der Waals surface area contributed by atoms with Crippen LogP contribution >= 0.6 is 0 Å². The van der Waals surface area contributed by atoms with Crippen molar-refractivity contribution in [1.82, 2.24) is 0 Å². The van der Waals surface area contributed by atoms with Crippen LogP contribution < -0.4 is 26.4 Å². The predicted molar refractivity (Wildman–Crippen MR) is 198 cm³/mol. The molecule has 0 N–H and O–H groups in total. The standard InChI is InChI=1S/C24BF20.C20H14N3/c26-5-1(6(27)14(35)21(42)13(5)34)25(2-7(28)15(36)22(43)16(37)8(2)29,3-9(30)17(38)23(44)18(39)10(3)31)4-11(32)19(40)24(45)20(41)12(4)33;21-12-19(13-22)20(17-7-2-1-3-8-17)15-23-11-10-16-6-4-5-9-18(16)14-23/h;1-11,14H,15H2/q-1;+1. The summed E-state index contributed by atoms with van der Waals surface area (Å²) in [6.45, 7) is 0.477. The fourth-order valence-corrected chi connectivity index (χ4v) is 7.45. The van der Waals surface area contributed by atoms with Crippen molar-refractivity contribution >= 4 is 44.3 Å². The molecule has 3 nitrogen and oxygen atoms in total. The van der Waals surface area contributed by atoms with Gasteiger partial charge in [-0.2, -0.15) is 10.5 Å². The van der Waals surface area contributed by atoms with Crippen molar-refractivity contribution in [3.05, 3.63) is 201 Å². The molecule has 0 aliphatic heterocycles. The monoisotopic (exact) mass is 975 g/mol. The highest BCUT2D eigenvalue weighted by atomic mass is 19.2. The van der Waals surface area contributed by atoms with Gasteiger partial charge in [-0.25, -0.2) is 92.4 Å². The minimum atomic E-state index is -7.22. The summed E-state index contributed by atoms with van der Waals surface area (Å²) in [5.74, 6) is -71.4. The van der Waals surface area contributed by atoms with Gasteiger partial charge in [0.25, 0.3) is 0 Å². The van der Waals surface area contributed by atoms with E-state index in [1.165, 1.54) is 0 Å². The lowest BCUT2D eigenvalue weighted by atomic mass is 9.12. The van der Waals surface area contributed by atoms with E-state index in [2.05, 4.69) is 6.07 Å². The van der Waals surface area contributed by atoms with E-state index in [9.17, 15) is 63.2 Å². The second kappa shape index (κ2) is 18.8. The lowest BCUT2D eigenvalue weighted by Crippen LogP contribution is -2.81. The van der Waals surface area contributed by atoms with Gasteiger partial charge in [0.2, 0.25) is 0 Å². The molecule has 7 rings (SSSR count). The number of nitriles is 2. The first-order chi connectivity index (χ1) is 32.0. The quantitative estimate of drug-likeness (QED) is 0.0400. The van der Waals surface area contributed by atoms with E-state index >= 15 is 35.1 Å². The highest BCUT2D eigenvalue weighted by Crippen LogP contribution is 2.31. The van der Waals surface area contributed by atoms with E-state index in [-0.39, 0.29) is 5.57 Å². The SMILES string of the molecule is Fc1c(F)c(F)c([B-](c2c(F)c(F)c(F)c(F)c2F)(c2c(F)c(F)c(F)c(F)c2F)c2c(F)c(F)c(F)c(F)c2F)c(F)c1F.N#CC(C#N)=C(C[n+]1ccc2ccccc2c1)c1ccccc1. The van der Waals surface area contributed by atoms with Crippen LogP contribution in [0.25, 0.3) is 16.3 Å². The van der Waals surface area contributed by atoms with Gasteiger partial charge in [0.05, 0.1) is 5.57 Å². The summed E-state index contributed by atoms with van der Waals surface area (Å²) >= 11 is 0. The molecule has 6 aromatic carbocycles. The second-order valence-corrected chi connectivity index (χ2v) is 14.0. The zero-order valence-corrected chi connectivity index (χ0v) is 32.6. The van der Waals surface area contributed by atoms with Crippen molar-refractivity contribution in [1.29, 1.82) is 10.5 Å². The van der Waals surface area contributed by atoms with Crippen molar-refractivity contribution in [2.45, 2.75) is 6.54 Å². The number of allylic oxidation sites excluding steroid dienone is 2. The molecule has 1 aromatic heterocycles. The molecule has 0 spiro atoms. The van der Waals surface area contributed by atoms with Crippen LogP contribution in [0, 0.1) is 139 Å². The Kier molecular flexibility index (Phi) is 13.7. The molecule has 0 aliphatic carbocycles. The number of rotatable bonds is 7. The molecule has 0 radical (unpaired) electrons. The highest BCUT2D eigenvalue weighted by Gasteiger charge is 2.52. The largest absolute Gasteiger partial charge is 0.207 e. The summed E-state index contributed by atoms with van der Waals surface area (Å²) in [5.41, 5.74) is -12.6. The Morgan fingerprint density at radius 1 is 0.368 bits per heavy atom. The van der Waals surface area contributed by atoms with Crippen LogP contribution in [0.5, 0.6) is 0 Å². The summed E-state index contributed by atoms with van der Waals surface area (Å²) in [7, 11) is 0. The zero-order valence-electron chi connectivity index (χ0n) is 32.6. The van der Waals surface area contributed by atoms with Crippen LogP contribution in [0.15, 0.2) is 78.6 Å². The van der Waals surface area contributed by atoms with E-state index in [4.69, 9.17) is 0 Å². The van der Waals surface area contributed by atoms with Crippen molar-refractivity contribution in [3.63, 3.8) is 0 Å². The van der Waals surface area contributed by atoms with Crippen LogP contribution in [0.2, 0.25) is 0 Å². The van der Waals surface area contributed by atoms with E-state index < -0.39 is 144 Å². The Morgan fingerprint density at radius 3 is 0.956 bits per heavy atom. The van der Waals surface area contributed by atoms with Crippen LogP contribution in [-0.4, -0.2) is 6.15 Å². The van der Waals surface area contributed by atoms with Gasteiger partial charge in [-0.05, 0) is 17.0 Å². The Morgan fingerprint density at radius 2 is 0.647 bits per heavy atom. The topological polar surface area (TPSA) is 51.5 Å². The maximum atomic E-state index is 15.4. The predicted octanol–water partition coefficient (Wildman–Crippen LogP) is 9.47. The fourth-order valence-electron chi connectivity index (χ4n) is 7.45. The van der Waals surface area contributed by atoms with Gasteiger partial charge in [-0.3, -0.25) is 0 Å². The summed E-state index contributed by atoms with van der Waals surface area (Å²) in [6.07, 6.45) is -3.21. The molecule has 0 unspecified atom stereocenters. The normalized spacial score (nSPS) is 11.3. The van der Waals surface area contributed by atoms with Crippen molar-refractivity contribution in [2.75, 3.05) is 0 Å². The van der Waals surface area contributed by atoms with Crippen molar-refractivity contribution in [2.24, 2.45) is 0 Å². The van der Waals surface area contributed by atoms with Crippen LogP contribution in [0.3, 0.4) is 0 Å². The fraction of sp³-hybridized carbons (Fsp3) is 0.0227. The Bertz CT molecular complexity index is 2950. The number of hydrogen-bond donors (Lipinski definition) is 0.